The summed E-state index contributed by atoms with van der Waals surface area (Å²) in [6.45, 7) is 3.92. The molecule has 0 unspecified atom stereocenters. The lowest BCUT2D eigenvalue weighted by atomic mass is 10.1. The monoisotopic (exact) mass is 369 g/mol. The lowest BCUT2D eigenvalue weighted by Crippen LogP contribution is -2.50. The highest BCUT2D eigenvalue weighted by molar-refractivity contribution is 6.06. The summed E-state index contributed by atoms with van der Waals surface area (Å²) in [7, 11) is 0. The van der Waals surface area contributed by atoms with Gasteiger partial charge in [0.1, 0.15) is 0 Å². The van der Waals surface area contributed by atoms with Gasteiger partial charge in [-0.15, -0.1) is 0 Å². The number of fused-ring (bicyclic) bond motifs is 1. The lowest BCUT2D eigenvalue weighted by Gasteiger charge is -2.34. The molecule has 1 saturated heterocycles. The van der Waals surface area contributed by atoms with Gasteiger partial charge >= 0.3 is 6.09 Å². The Morgan fingerprint density at radius 1 is 1.04 bits per heavy atom. The number of rotatable bonds is 3. The highest BCUT2D eigenvalue weighted by atomic mass is 16.6. The van der Waals surface area contributed by atoms with Gasteiger partial charge in [-0.1, -0.05) is 18.2 Å². The van der Waals surface area contributed by atoms with Crippen LogP contribution in [0.15, 0.2) is 35.3 Å². The summed E-state index contributed by atoms with van der Waals surface area (Å²) >= 11 is 0. The SMILES string of the molecule is CCOC(=O)N1CCN(C(=O)c2cn(C3CC3)c(=O)c3ccccc23)CC1. The topological polar surface area (TPSA) is 71.8 Å². The number of pyridine rings is 1. The maximum Gasteiger partial charge on any atom is 0.409 e. The molecule has 0 radical (unpaired) electrons. The molecular formula is C20H23N3O4. The summed E-state index contributed by atoms with van der Waals surface area (Å²) in [6, 6.07) is 7.49. The minimum absolute atomic E-state index is 0.0308. The summed E-state index contributed by atoms with van der Waals surface area (Å²) in [5.41, 5.74) is 0.526. The molecule has 27 heavy (non-hydrogen) atoms. The number of ether oxygens (including phenoxy) is 1. The van der Waals surface area contributed by atoms with Crippen molar-refractivity contribution >= 4 is 22.8 Å². The quantitative estimate of drug-likeness (QED) is 0.832. The fourth-order valence-electron chi connectivity index (χ4n) is 3.58. The average Bonchev–Trinajstić information content (AvgIpc) is 3.53. The number of hydrogen-bond acceptors (Lipinski definition) is 4. The van der Waals surface area contributed by atoms with Crippen LogP contribution in [0, 0.1) is 0 Å². The maximum absolute atomic E-state index is 13.2. The Kier molecular flexibility index (Phi) is 4.59. The zero-order chi connectivity index (χ0) is 19.0. The molecule has 1 aromatic carbocycles. The second-order valence-corrected chi connectivity index (χ2v) is 7.01. The van der Waals surface area contributed by atoms with Crippen molar-refractivity contribution in [1.29, 1.82) is 0 Å². The summed E-state index contributed by atoms with van der Waals surface area (Å²) in [4.78, 5) is 41.1. The van der Waals surface area contributed by atoms with Crippen molar-refractivity contribution in [3.8, 4) is 0 Å². The molecule has 2 aliphatic rings. The predicted octanol–water partition coefficient (Wildman–Crippen LogP) is 2.25. The Bertz CT molecular complexity index is 940. The third-order valence-electron chi connectivity index (χ3n) is 5.21. The first-order chi connectivity index (χ1) is 13.1. The standard InChI is InChI=1S/C20H23N3O4/c1-2-27-20(26)22-11-9-21(10-12-22)18(24)17-13-23(14-7-8-14)19(25)16-6-4-3-5-15(16)17/h3-6,13-14H,2,7-12H2,1H3. The molecule has 1 aromatic heterocycles. The molecule has 1 aliphatic heterocycles. The summed E-state index contributed by atoms with van der Waals surface area (Å²) < 4.78 is 6.74. The molecule has 1 saturated carbocycles. The van der Waals surface area contributed by atoms with Crippen LogP contribution < -0.4 is 5.56 Å². The second kappa shape index (κ2) is 7.06. The van der Waals surface area contributed by atoms with E-state index >= 15 is 0 Å². The normalized spacial score (nSPS) is 17.2. The van der Waals surface area contributed by atoms with Crippen molar-refractivity contribution in [3.63, 3.8) is 0 Å². The number of nitrogens with zero attached hydrogens (tertiary/aromatic N) is 3. The van der Waals surface area contributed by atoms with Gasteiger partial charge in [0, 0.05) is 49.2 Å². The zero-order valence-electron chi connectivity index (χ0n) is 15.4. The highest BCUT2D eigenvalue weighted by Crippen LogP contribution is 2.34. The van der Waals surface area contributed by atoms with Crippen LogP contribution in [0.1, 0.15) is 36.2 Å². The van der Waals surface area contributed by atoms with E-state index in [4.69, 9.17) is 4.74 Å². The van der Waals surface area contributed by atoms with Crippen LogP contribution in [-0.2, 0) is 4.74 Å². The van der Waals surface area contributed by atoms with E-state index in [1.807, 2.05) is 18.2 Å². The largest absolute Gasteiger partial charge is 0.450 e. The number of carbonyl (C=O) groups excluding carboxylic acids is 2. The van der Waals surface area contributed by atoms with Gasteiger partial charge in [-0.25, -0.2) is 4.79 Å². The van der Waals surface area contributed by atoms with E-state index in [0.717, 1.165) is 12.8 Å². The van der Waals surface area contributed by atoms with Crippen LogP contribution in [0.5, 0.6) is 0 Å². The molecule has 0 bridgehead atoms. The Balaban J connectivity index is 1.61. The molecule has 7 nitrogen and oxygen atoms in total. The van der Waals surface area contributed by atoms with E-state index in [-0.39, 0.29) is 23.6 Å². The van der Waals surface area contributed by atoms with Crippen LogP contribution in [0.3, 0.4) is 0 Å². The van der Waals surface area contributed by atoms with E-state index in [9.17, 15) is 14.4 Å². The Morgan fingerprint density at radius 2 is 1.67 bits per heavy atom. The number of hydrogen-bond donors (Lipinski definition) is 0. The molecule has 2 amide bonds. The average molecular weight is 369 g/mol. The first-order valence-corrected chi connectivity index (χ1v) is 9.45. The van der Waals surface area contributed by atoms with Crippen LogP contribution in [0.25, 0.3) is 10.8 Å². The van der Waals surface area contributed by atoms with Gasteiger partial charge in [-0.3, -0.25) is 9.59 Å². The Morgan fingerprint density at radius 3 is 2.30 bits per heavy atom. The summed E-state index contributed by atoms with van der Waals surface area (Å²) in [5.74, 6) is -0.0934. The molecular weight excluding hydrogens is 346 g/mol. The number of benzene rings is 1. The van der Waals surface area contributed by atoms with Gasteiger partial charge in [0.2, 0.25) is 0 Å². The molecule has 142 valence electrons. The number of aromatic nitrogens is 1. The molecule has 2 heterocycles. The fraction of sp³-hybridized carbons (Fsp3) is 0.450. The third kappa shape index (κ3) is 3.29. The zero-order valence-corrected chi connectivity index (χ0v) is 15.4. The predicted molar refractivity (Wildman–Crippen MR) is 101 cm³/mol. The van der Waals surface area contributed by atoms with Gasteiger partial charge < -0.3 is 19.1 Å². The smallest absolute Gasteiger partial charge is 0.409 e. The molecule has 1 aliphatic carbocycles. The minimum Gasteiger partial charge on any atom is -0.450 e. The molecule has 0 atom stereocenters. The van der Waals surface area contributed by atoms with Crippen LogP contribution >= 0.6 is 0 Å². The van der Waals surface area contributed by atoms with Crippen molar-refractivity contribution < 1.29 is 14.3 Å². The van der Waals surface area contributed by atoms with E-state index in [0.29, 0.717) is 49.1 Å². The van der Waals surface area contributed by atoms with E-state index < -0.39 is 0 Å². The van der Waals surface area contributed by atoms with Gasteiger partial charge in [0.05, 0.1) is 12.2 Å². The first-order valence-electron chi connectivity index (χ1n) is 9.45. The Hall–Kier alpha value is -2.83. The van der Waals surface area contributed by atoms with Crippen LogP contribution in [-0.4, -0.2) is 59.2 Å². The lowest BCUT2D eigenvalue weighted by molar-refractivity contribution is 0.0571. The van der Waals surface area contributed by atoms with Gasteiger partial charge in [-0.2, -0.15) is 0 Å². The minimum atomic E-state index is -0.336. The van der Waals surface area contributed by atoms with Gasteiger partial charge in [-0.05, 0) is 25.8 Å². The van der Waals surface area contributed by atoms with Crippen LogP contribution in [0.2, 0.25) is 0 Å². The second-order valence-electron chi connectivity index (χ2n) is 7.01. The highest BCUT2D eigenvalue weighted by Gasteiger charge is 2.30. The van der Waals surface area contributed by atoms with E-state index in [1.54, 1.807) is 33.6 Å². The van der Waals surface area contributed by atoms with E-state index in [2.05, 4.69) is 0 Å². The molecule has 4 rings (SSSR count). The molecule has 0 N–H and O–H groups in total. The third-order valence-corrected chi connectivity index (χ3v) is 5.21. The number of amides is 2. The van der Waals surface area contributed by atoms with E-state index in [1.165, 1.54) is 0 Å². The number of piperazine rings is 1. The molecule has 2 aromatic rings. The van der Waals surface area contributed by atoms with Crippen molar-refractivity contribution in [2.45, 2.75) is 25.8 Å². The summed E-state index contributed by atoms with van der Waals surface area (Å²) in [6.07, 6.45) is 3.34. The van der Waals surface area contributed by atoms with Crippen molar-refractivity contribution in [2.24, 2.45) is 0 Å². The maximum atomic E-state index is 13.2. The van der Waals surface area contributed by atoms with Crippen molar-refractivity contribution in [3.05, 3.63) is 46.4 Å². The van der Waals surface area contributed by atoms with Gasteiger partial charge in [0.15, 0.2) is 0 Å². The van der Waals surface area contributed by atoms with Crippen molar-refractivity contribution in [1.82, 2.24) is 14.4 Å². The Labute approximate surface area is 157 Å². The molecule has 0 spiro atoms. The first kappa shape index (κ1) is 17.6. The molecule has 7 heteroatoms. The summed E-state index contributed by atoms with van der Waals surface area (Å²) in [5, 5.41) is 1.28. The molecule has 2 fully saturated rings. The van der Waals surface area contributed by atoms with Crippen molar-refractivity contribution in [2.75, 3.05) is 32.8 Å². The van der Waals surface area contributed by atoms with Crippen LogP contribution in [0.4, 0.5) is 4.79 Å². The van der Waals surface area contributed by atoms with Gasteiger partial charge in [0.25, 0.3) is 11.5 Å². The number of carbonyl (C=O) groups is 2. The fourth-order valence-corrected chi connectivity index (χ4v) is 3.58.